The zero-order valence-electron chi connectivity index (χ0n) is 17.3. The van der Waals surface area contributed by atoms with Gasteiger partial charge in [0.15, 0.2) is 11.8 Å². The minimum absolute atomic E-state index is 0.0707. The van der Waals surface area contributed by atoms with Crippen LogP contribution in [0.2, 0.25) is 0 Å². The number of ether oxygens (including phenoxy) is 1. The van der Waals surface area contributed by atoms with Gasteiger partial charge in [0.1, 0.15) is 6.10 Å². The first-order valence-corrected chi connectivity index (χ1v) is 10.0. The van der Waals surface area contributed by atoms with Crippen LogP contribution in [0.5, 0.6) is 0 Å². The zero-order chi connectivity index (χ0) is 19.9. The lowest BCUT2D eigenvalue weighted by molar-refractivity contribution is -0.00830. The maximum atomic E-state index is 6.02. The number of aliphatic imine (C=N–C) groups is 1. The van der Waals surface area contributed by atoms with E-state index in [0.29, 0.717) is 12.5 Å². The van der Waals surface area contributed by atoms with E-state index in [0.717, 1.165) is 44.3 Å². The molecule has 1 saturated heterocycles. The van der Waals surface area contributed by atoms with Gasteiger partial charge in [-0.2, -0.15) is 4.98 Å². The topological polar surface area (TPSA) is 75.8 Å². The predicted molar refractivity (Wildman–Crippen MR) is 110 cm³/mol. The van der Waals surface area contributed by atoms with Gasteiger partial charge in [-0.05, 0) is 24.5 Å². The molecule has 0 aliphatic carbocycles. The Balaban J connectivity index is 1.49. The predicted octanol–water partition coefficient (Wildman–Crippen LogP) is 3.08. The molecule has 1 aliphatic heterocycles. The largest absolute Gasteiger partial charge is 0.370 e. The fraction of sp³-hybridized carbons (Fsp3) is 0.571. The van der Waals surface area contributed by atoms with Gasteiger partial charge in [-0.25, -0.2) is 0 Å². The van der Waals surface area contributed by atoms with Crippen LogP contribution in [0.1, 0.15) is 55.1 Å². The molecule has 0 spiro atoms. The average Bonchev–Trinajstić information content (AvgIpc) is 3.18. The standard InChI is InChI=1S/C21H31N5O2/c1-15(2)20-24-19(28-25-20)10-7-11-23-21(22-4)26-12-13-27-18(14-26)17-9-6-5-8-16(17)3/h5-6,8-9,15,18H,7,10-14H2,1-4H3,(H,22,23). The number of rotatable bonds is 6. The summed E-state index contributed by atoms with van der Waals surface area (Å²) in [5, 5.41) is 7.47. The van der Waals surface area contributed by atoms with Gasteiger partial charge in [0.2, 0.25) is 5.89 Å². The fourth-order valence-corrected chi connectivity index (χ4v) is 3.35. The molecule has 28 heavy (non-hydrogen) atoms. The van der Waals surface area contributed by atoms with Crippen molar-refractivity contribution in [1.29, 1.82) is 0 Å². The number of nitrogens with zero attached hydrogens (tertiary/aromatic N) is 4. The number of morpholine rings is 1. The Morgan fingerprint density at radius 2 is 2.18 bits per heavy atom. The molecule has 0 saturated carbocycles. The fourth-order valence-electron chi connectivity index (χ4n) is 3.35. The zero-order valence-corrected chi connectivity index (χ0v) is 17.3. The van der Waals surface area contributed by atoms with Crippen molar-refractivity contribution >= 4 is 5.96 Å². The highest BCUT2D eigenvalue weighted by atomic mass is 16.5. The highest BCUT2D eigenvalue weighted by molar-refractivity contribution is 5.80. The Bertz CT molecular complexity index is 787. The van der Waals surface area contributed by atoms with Crippen molar-refractivity contribution in [3.63, 3.8) is 0 Å². The van der Waals surface area contributed by atoms with E-state index in [1.165, 1.54) is 11.1 Å². The van der Waals surface area contributed by atoms with Crippen LogP contribution in [0, 0.1) is 6.92 Å². The quantitative estimate of drug-likeness (QED) is 0.468. The molecule has 1 unspecified atom stereocenters. The van der Waals surface area contributed by atoms with Crippen LogP contribution in [0.15, 0.2) is 33.8 Å². The van der Waals surface area contributed by atoms with E-state index in [9.17, 15) is 0 Å². The summed E-state index contributed by atoms with van der Waals surface area (Å²) >= 11 is 0. The van der Waals surface area contributed by atoms with Crippen LogP contribution < -0.4 is 5.32 Å². The molecule has 7 nitrogen and oxygen atoms in total. The van der Waals surface area contributed by atoms with Crippen LogP contribution in [0.4, 0.5) is 0 Å². The van der Waals surface area contributed by atoms with Crippen molar-refractivity contribution in [3.8, 4) is 0 Å². The third kappa shape index (κ3) is 5.10. The summed E-state index contributed by atoms with van der Waals surface area (Å²) in [6, 6.07) is 8.41. The summed E-state index contributed by atoms with van der Waals surface area (Å²) in [7, 11) is 1.83. The third-order valence-corrected chi connectivity index (χ3v) is 4.96. The Hall–Kier alpha value is -2.41. The van der Waals surface area contributed by atoms with Crippen molar-refractivity contribution in [2.75, 3.05) is 33.3 Å². The molecule has 2 aromatic rings. The number of nitrogens with one attached hydrogen (secondary N) is 1. The summed E-state index contributed by atoms with van der Waals surface area (Å²) in [4.78, 5) is 11.2. The molecule has 0 bridgehead atoms. The van der Waals surface area contributed by atoms with E-state index in [4.69, 9.17) is 9.26 Å². The van der Waals surface area contributed by atoms with E-state index >= 15 is 0 Å². The van der Waals surface area contributed by atoms with Gasteiger partial charge in [-0.1, -0.05) is 43.3 Å². The van der Waals surface area contributed by atoms with Crippen molar-refractivity contribution in [3.05, 3.63) is 47.1 Å². The lowest BCUT2D eigenvalue weighted by Crippen LogP contribution is -2.48. The molecule has 1 fully saturated rings. The van der Waals surface area contributed by atoms with Crippen molar-refractivity contribution < 1.29 is 9.26 Å². The first-order chi connectivity index (χ1) is 13.6. The van der Waals surface area contributed by atoms with Gasteiger partial charge >= 0.3 is 0 Å². The number of guanidine groups is 1. The van der Waals surface area contributed by atoms with E-state index < -0.39 is 0 Å². The highest BCUT2D eigenvalue weighted by Crippen LogP contribution is 2.24. The van der Waals surface area contributed by atoms with Gasteiger partial charge in [0, 0.05) is 32.5 Å². The van der Waals surface area contributed by atoms with Gasteiger partial charge < -0.3 is 19.5 Å². The molecule has 2 heterocycles. The maximum Gasteiger partial charge on any atom is 0.226 e. The van der Waals surface area contributed by atoms with Gasteiger partial charge in [0.25, 0.3) is 0 Å². The van der Waals surface area contributed by atoms with E-state index in [-0.39, 0.29) is 12.0 Å². The molecule has 1 N–H and O–H groups in total. The lowest BCUT2D eigenvalue weighted by Gasteiger charge is -2.35. The summed E-state index contributed by atoms with van der Waals surface area (Å²) in [6.07, 6.45) is 1.74. The molecule has 7 heteroatoms. The molecule has 0 amide bonds. The first-order valence-electron chi connectivity index (χ1n) is 10.0. The second-order valence-corrected chi connectivity index (χ2v) is 7.44. The third-order valence-electron chi connectivity index (χ3n) is 4.96. The first kappa shape index (κ1) is 20.3. The summed E-state index contributed by atoms with van der Waals surface area (Å²) in [6.45, 7) is 9.39. The number of hydrogen-bond donors (Lipinski definition) is 1. The monoisotopic (exact) mass is 385 g/mol. The molecule has 0 radical (unpaired) electrons. The molecule has 1 aromatic carbocycles. The molecule has 1 aliphatic rings. The number of benzene rings is 1. The summed E-state index contributed by atoms with van der Waals surface area (Å²) < 4.78 is 11.3. The highest BCUT2D eigenvalue weighted by Gasteiger charge is 2.25. The van der Waals surface area contributed by atoms with Gasteiger partial charge in [-0.15, -0.1) is 0 Å². The molecule has 1 atom stereocenters. The van der Waals surface area contributed by atoms with E-state index in [1.807, 2.05) is 7.05 Å². The van der Waals surface area contributed by atoms with E-state index in [1.54, 1.807) is 0 Å². The van der Waals surface area contributed by atoms with Crippen LogP contribution in [-0.4, -0.2) is 54.3 Å². The number of aromatic nitrogens is 2. The van der Waals surface area contributed by atoms with Crippen molar-refractivity contribution in [1.82, 2.24) is 20.4 Å². The number of hydrogen-bond acceptors (Lipinski definition) is 5. The van der Waals surface area contributed by atoms with Gasteiger partial charge in [0.05, 0.1) is 13.2 Å². The minimum Gasteiger partial charge on any atom is -0.370 e. The molecular formula is C21H31N5O2. The average molecular weight is 386 g/mol. The summed E-state index contributed by atoms with van der Waals surface area (Å²) in [5.41, 5.74) is 2.51. The van der Waals surface area contributed by atoms with Crippen LogP contribution in [-0.2, 0) is 11.2 Å². The Kier molecular flexibility index (Phi) is 7.03. The van der Waals surface area contributed by atoms with Crippen LogP contribution in [0.3, 0.4) is 0 Å². The Labute approximate surface area is 167 Å². The maximum absolute atomic E-state index is 6.02. The smallest absolute Gasteiger partial charge is 0.226 e. The van der Waals surface area contributed by atoms with Crippen molar-refractivity contribution in [2.45, 2.75) is 45.6 Å². The van der Waals surface area contributed by atoms with E-state index in [2.05, 4.69) is 70.4 Å². The second-order valence-electron chi connectivity index (χ2n) is 7.44. The van der Waals surface area contributed by atoms with Crippen LogP contribution in [0.25, 0.3) is 0 Å². The second kappa shape index (κ2) is 9.68. The number of aryl methyl sites for hydroxylation is 2. The molecule has 152 valence electrons. The van der Waals surface area contributed by atoms with Gasteiger partial charge in [-0.3, -0.25) is 4.99 Å². The Morgan fingerprint density at radius 3 is 2.89 bits per heavy atom. The minimum atomic E-state index is 0.0707. The summed E-state index contributed by atoms with van der Waals surface area (Å²) in [5.74, 6) is 2.67. The lowest BCUT2D eigenvalue weighted by atomic mass is 10.0. The molecule has 1 aromatic heterocycles. The molecular weight excluding hydrogens is 354 g/mol. The Morgan fingerprint density at radius 1 is 1.36 bits per heavy atom. The molecule has 3 rings (SSSR count). The SMILES string of the molecule is CN=C(NCCCc1nc(C(C)C)no1)N1CCOC(c2ccccc2C)C1. The normalized spacial score (nSPS) is 18.0. The van der Waals surface area contributed by atoms with Crippen molar-refractivity contribution in [2.24, 2.45) is 4.99 Å². The van der Waals surface area contributed by atoms with Crippen LogP contribution >= 0.6 is 0 Å².